The van der Waals surface area contributed by atoms with Gasteiger partial charge < -0.3 is 5.32 Å². The van der Waals surface area contributed by atoms with Crippen LogP contribution in [-0.4, -0.2) is 25.8 Å². The van der Waals surface area contributed by atoms with Gasteiger partial charge in [0.1, 0.15) is 22.4 Å². The molecule has 1 aromatic carbocycles. The van der Waals surface area contributed by atoms with Gasteiger partial charge in [0.05, 0.1) is 16.8 Å². The van der Waals surface area contributed by atoms with E-state index in [0.717, 1.165) is 23.0 Å². The smallest absolute Gasteiger partial charge is 0.272 e. The van der Waals surface area contributed by atoms with Crippen LogP contribution in [-0.2, 0) is 11.3 Å². The second kappa shape index (κ2) is 9.21. The van der Waals surface area contributed by atoms with E-state index in [1.807, 2.05) is 19.2 Å². The number of fused-ring (bicyclic) bond motifs is 1. The normalized spacial score (nSPS) is 11.0. The Kier molecular flexibility index (Phi) is 6.35. The number of thiophene rings is 1. The van der Waals surface area contributed by atoms with E-state index in [1.165, 1.54) is 23.5 Å². The SMILES string of the molecule is CCn1c(SCC(=O)Nc2c(C#N)c(C)c(C)n2-c2ccc(F)cc2)nc2ccsc2c1=O. The summed E-state index contributed by atoms with van der Waals surface area (Å²) in [6.45, 7) is 5.93. The Balaban J connectivity index is 1.63. The van der Waals surface area contributed by atoms with Gasteiger partial charge in [-0.05, 0) is 62.0 Å². The lowest BCUT2D eigenvalue weighted by Gasteiger charge is -2.14. The van der Waals surface area contributed by atoms with E-state index in [1.54, 1.807) is 34.3 Å². The van der Waals surface area contributed by atoms with E-state index in [-0.39, 0.29) is 23.0 Å². The van der Waals surface area contributed by atoms with E-state index in [9.17, 15) is 19.2 Å². The number of nitrogens with zero attached hydrogens (tertiary/aromatic N) is 4. The van der Waals surface area contributed by atoms with Crippen molar-refractivity contribution in [1.29, 1.82) is 5.26 Å². The standard InChI is InChI=1S/C23H20FN5O2S2/c1-4-28-22(31)20-18(9-10-32-20)26-23(28)33-12-19(30)27-21-17(11-25)13(2)14(3)29(21)16-7-5-15(24)6-8-16/h5-10H,4,12H2,1-3H3,(H,27,30). The molecule has 0 unspecified atom stereocenters. The van der Waals surface area contributed by atoms with Gasteiger partial charge in [0, 0.05) is 17.9 Å². The van der Waals surface area contributed by atoms with E-state index in [0.29, 0.717) is 39.0 Å². The molecule has 0 saturated heterocycles. The summed E-state index contributed by atoms with van der Waals surface area (Å²) in [5.74, 6) is -0.391. The van der Waals surface area contributed by atoms with Crippen LogP contribution in [0.25, 0.3) is 15.9 Å². The molecule has 168 valence electrons. The summed E-state index contributed by atoms with van der Waals surface area (Å²) in [4.78, 5) is 30.1. The second-order valence-corrected chi connectivity index (χ2v) is 9.13. The minimum absolute atomic E-state index is 0.000352. The van der Waals surface area contributed by atoms with Crippen molar-refractivity contribution < 1.29 is 9.18 Å². The Hall–Kier alpha value is -3.42. The molecule has 0 spiro atoms. The lowest BCUT2D eigenvalue weighted by atomic mass is 10.2. The highest BCUT2D eigenvalue weighted by atomic mass is 32.2. The monoisotopic (exact) mass is 481 g/mol. The highest BCUT2D eigenvalue weighted by Gasteiger charge is 2.21. The quantitative estimate of drug-likeness (QED) is 0.320. The van der Waals surface area contributed by atoms with Crippen molar-refractivity contribution in [2.75, 3.05) is 11.1 Å². The van der Waals surface area contributed by atoms with E-state index in [4.69, 9.17) is 0 Å². The molecule has 4 rings (SSSR count). The van der Waals surface area contributed by atoms with Crippen LogP contribution in [0.1, 0.15) is 23.7 Å². The molecule has 3 heterocycles. The maximum absolute atomic E-state index is 13.4. The van der Waals surface area contributed by atoms with Crippen LogP contribution in [0.2, 0.25) is 0 Å². The summed E-state index contributed by atoms with van der Waals surface area (Å²) in [5, 5.41) is 14.8. The van der Waals surface area contributed by atoms with Crippen molar-refractivity contribution in [2.24, 2.45) is 0 Å². The molecule has 1 N–H and O–H groups in total. The maximum Gasteiger partial charge on any atom is 0.272 e. The number of rotatable bonds is 6. The summed E-state index contributed by atoms with van der Waals surface area (Å²) < 4.78 is 17.3. The number of hydrogen-bond acceptors (Lipinski definition) is 6. The van der Waals surface area contributed by atoms with E-state index < -0.39 is 0 Å². The summed E-state index contributed by atoms with van der Waals surface area (Å²) in [6.07, 6.45) is 0. The summed E-state index contributed by atoms with van der Waals surface area (Å²) in [6, 6.07) is 9.77. The lowest BCUT2D eigenvalue weighted by molar-refractivity contribution is -0.113. The first-order chi connectivity index (χ1) is 15.8. The predicted molar refractivity (Wildman–Crippen MR) is 129 cm³/mol. The molecule has 0 aliphatic rings. The molecular weight excluding hydrogens is 461 g/mol. The summed E-state index contributed by atoms with van der Waals surface area (Å²) >= 11 is 2.51. The Morgan fingerprint density at radius 3 is 2.67 bits per heavy atom. The fourth-order valence-electron chi connectivity index (χ4n) is 3.58. The third-order valence-electron chi connectivity index (χ3n) is 5.35. The van der Waals surface area contributed by atoms with Gasteiger partial charge in [-0.2, -0.15) is 5.26 Å². The highest BCUT2D eigenvalue weighted by molar-refractivity contribution is 7.99. The summed E-state index contributed by atoms with van der Waals surface area (Å²) in [5.41, 5.74) is 2.97. The third kappa shape index (κ3) is 4.17. The minimum atomic E-state index is -0.375. The number of nitriles is 1. The van der Waals surface area contributed by atoms with Crippen molar-refractivity contribution in [1.82, 2.24) is 14.1 Å². The van der Waals surface area contributed by atoms with Crippen LogP contribution in [0.4, 0.5) is 10.2 Å². The van der Waals surface area contributed by atoms with Crippen LogP contribution in [0.15, 0.2) is 45.7 Å². The number of carbonyl (C=O) groups is 1. The molecule has 0 fully saturated rings. The number of anilines is 1. The van der Waals surface area contributed by atoms with Crippen molar-refractivity contribution >= 4 is 45.0 Å². The number of amides is 1. The topological polar surface area (TPSA) is 92.7 Å². The third-order valence-corrected chi connectivity index (χ3v) is 7.22. The van der Waals surface area contributed by atoms with Crippen LogP contribution in [0.5, 0.6) is 0 Å². The van der Waals surface area contributed by atoms with Crippen molar-refractivity contribution in [3.05, 3.63) is 68.7 Å². The Bertz CT molecular complexity index is 1460. The zero-order chi connectivity index (χ0) is 23.7. The van der Waals surface area contributed by atoms with Crippen LogP contribution in [0.3, 0.4) is 0 Å². The molecule has 10 heteroatoms. The average Bonchev–Trinajstić information content (AvgIpc) is 3.36. The number of carbonyl (C=O) groups excluding carboxylic acids is 1. The average molecular weight is 482 g/mol. The first-order valence-corrected chi connectivity index (χ1v) is 12.0. The number of halogens is 1. The molecule has 4 aromatic rings. The fraction of sp³-hybridized carbons (Fsp3) is 0.217. The molecule has 0 aliphatic carbocycles. The van der Waals surface area contributed by atoms with Gasteiger partial charge >= 0.3 is 0 Å². The molecule has 0 radical (unpaired) electrons. The predicted octanol–water partition coefficient (Wildman–Crippen LogP) is 4.63. The van der Waals surface area contributed by atoms with Gasteiger partial charge in [0.2, 0.25) is 5.91 Å². The fourth-order valence-corrected chi connectivity index (χ4v) is 5.23. The molecule has 33 heavy (non-hydrogen) atoms. The molecule has 3 aromatic heterocycles. The van der Waals surface area contributed by atoms with Crippen LogP contribution in [0, 0.1) is 31.0 Å². The van der Waals surface area contributed by atoms with Gasteiger partial charge in [-0.25, -0.2) is 9.37 Å². The van der Waals surface area contributed by atoms with Crippen LogP contribution < -0.4 is 10.9 Å². The van der Waals surface area contributed by atoms with E-state index >= 15 is 0 Å². The van der Waals surface area contributed by atoms with Gasteiger partial charge in [0.15, 0.2) is 5.16 Å². The van der Waals surface area contributed by atoms with Crippen molar-refractivity contribution in [3.63, 3.8) is 0 Å². The number of hydrogen-bond donors (Lipinski definition) is 1. The number of thioether (sulfide) groups is 1. The van der Waals surface area contributed by atoms with Crippen molar-refractivity contribution in [2.45, 2.75) is 32.5 Å². The highest BCUT2D eigenvalue weighted by Crippen LogP contribution is 2.30. The molecule has 0 atom stereocenters. The molecule has 0 saturated carbocycles. The van der Waals surface area contributed by atoms with Gasteiger partial charge in [-0.1, -0.05) is 11.8 Å². The summed E-state index contributed by atoms with van der Waals surface area (Å²) in [7, 11) is 0. The molecule has 1 amide bonds. The number of benzene rings is 1. The Morgan fingerprint density at radius 1 is 1.27 bits per heavy atom. The molecule has 7 nitrogen and oxygen atoms in total. The zero-order valence-corrected chi connectivity index (χ0v) is 19.8. The van der Waals surface area contributed by atoms with Gasteiger partial charge in [-0.15, -0.1) is 11.3 Å². The lowest BCUT2D eigenvalue weighted by Crippen LogP contribution is -2.23. The minimum Gasteiger partial charge on any atom is -0.310 e. The largest absolute Gasteiger partial charge is 0.310 e. The Morgan fingerprint density at radius 2 is 2.00 bits per heavy atom. The molecule has 0 bridgehead atoms. The Labute approximate surface area is 197 Å². The van der Waals surface area contributed by atoms with Gasteiger partial charge in [-0.3, -0.25) is 18.7 Å². The van der Waals surface area contributed by atoms with Crippen LogP contribution >= 0.6 is 23.1 Å². The first kappa shape index (κ1) is 22.8. The zero-order valence-electron chi connectivity index (χ0n) is 18.2. The molecular formula is C23H20FN5O2S2. The second-order valence-electron chi connectivity index (χ2n) is 7.27. The molecule has 0 aliphatic heterocycles. The first-order valence-electron chi connectivity index (χ1n) is 10.1. The number of nitrogens with one attached hydrogen (secondary N) is 1. The number of aromatic nitrogens is 3. The van der Waals surface area contributed by atoms with Gasteiger partial charge in [0.25, 0.3) is 5.56 Å². The van der Waals surface area contributed by atoms with E-state index in [2.05, 4.69) is 16.4 Å². The maximum atomic E-state index is 13.4. The van der Waals surface area contributed by atoms with Crippen molar-refractivity contribution in [3.8, 4) is 11.8 Å².